The van der Waals surface area contributed by atoms with Crippen molar-refractivity contribution >= 4 is 11.6 Å². The second-order valence-corrected chi connectivity index (χ2v) is 10.2. The molecule has 2 aliphatic heterocycles. The number of halogens is 1. The van der Waals surface area contributed by atoms with Crippen molar-refractivity contribution in [3.8, 4) is 0 Å². The molecule has 2 aliphatic rings. The molecular weight excluding hydrogens is 442 g/mol. The smallest absolute Gasteiger partial charge is 0.144 e. The number of imidazole rings is 1. The van der Waals surface area contributed by atoms with Gasteiger partial charge in [-0.15, -0.1) is 0 Å². The van der Waals surface area contributed by atoms with E-state index in [0.29, 0.717) is 0 Å². The van der Waals surface area contributed by atoms with Crippen LogP contribution in [0.15, 0.2) is 54.6 Å². The van der Waals surface area contributed by atoms with E-state index >= 15 is 0 Å². The Bertz CT molecular complexity index is 1070. The highest BCUT2D eigenvalue weighted by Crippen LogP contribution is 2.37. The van der Waals surface area contributed by atoms with Crippen molar-refractivity contribution in [2.24, 2.45) is 0 Å². The van der Waals surface area contributed by atoms with E-state index in [1.807, 2.05) is 0 Å². The monoisotopic (exact) mass is 477 g/mol. The quantitative estimate of drug-likeness (QED) is 0.359. The summed E-state index contributed by atoms with van der Waals surface area (Å²) in [5.41, 5.74) is 5.07. The average Bonchev–Trinajstić information content (AvgIpc) is 3.09. The number of fused-ring (bicyclic) bond motifs is 2. The molecule has 0 spiro atoms. The molecule has 1 aromatic heterocycles. The third-order valence-electron chi connectivity index (χ3n) is 7.39. The standard InChI is InChI=1S/C29H36ClN3O/c1-32-19-17-24(18-20-32)34-27-25-14-9-8-13-23(25)16-21-33-28(30)26(31-29(27)33)15-7-3-6-12-22-10-4-2-5-11-22/h2,4-5,8-11,13-14,24,27H,3,6-7,12,15-21H2,1H3. The summed E-state index contributed by atoms with van der Waals surface area (Å²) in [4.78, 5) is 7.51. The van der Waals surface area contributed by atoms with Gasteiger partial charge in [0, 0.05) is 19.6 Å². The van der Waals surface area contributed by atoms with Crippen LogP contribution in [0.1, 0.15) is 66.4 Å². The van der Waals surface area contributed by atoms with Crippen molar-refractivity contribution in [3.05, 3.63) is 88.0 Å². The molecule has 1 fully saturated rings. The molecule has 0 saturated carbocycles. The second kappa shape index (κ2) is 11.1. The zero-order valence-electron chi connectivity index (χ0n) is 20.3. The minimum Gasteiger partial charge on any atom is -0.362 e. The number of aromatic nitrogens is 2. The van der Waals surface area contributed by atoms with E-state index in [9.17, 15) is 0 Å². The first-order valence-corrected chi connectivity index (χ1v) is 13.3. The van der Waals surface area contributed by atoms with Gasteiger partial charge in [0.15, 0.2) is 0 Å². The van der Waals surface area contributed by atoms with Crippen LogP contribution in [-0.4, -0.2) is 40.7 Å². The minimum atomic E-state index is -0.142. The highest BCUT2D eigenvalue weighted by molar-refractivity contribution is 6.30. The summed E-state index contributed by atoms with van der Waals surface area (Å²) in [6.07, 6.45) is 8.78. The number of unbranched alkanes of at least 4 members (excludes halogenated alkanes) is 2. The fourth-order valence-corrected chi connectivity index (χ4v) is 5.66. The van der Waals surface area contributed by atoms with Crippen LogP contribution in [0.25, 0.3) is 0 Å². The second-order valence-electron chi connectivity index (χ2n) is 9.87. The molecule has 0 N–H and O–H groups in total. The Morgan fingerprint density at radius 2 is 1.65 bits per heavy atom. The van der Waals surface area contributed by atoms with Crippen LogP contribution in [0.4, 0.5) is 0 Å². The molecule has 4 nitrogen and oxygen atoms in total. The van der Waals surface area contributed by atoms with Crippen molar-refractivity contribution in [1.29, 1.82) is 0 Å². The van der Waals surface area contributed by atoms with Gasteiger partial charge in [0.1, 0.15) is 17.1 Å². The molecule has 0 amide bonds. The first kappa shape index (κ1) is 23.6. The molecule has 0 aliphatic carbocycles. The molecule has 0 bridgehead atoms. The van der Waals surface area contributed by atoms with Gasteiger partial charge in [-0.2, -0.15) is 0 Å². The largest absolute Gasteiger partial charge is 0.362 e. The Labute approximate surface area is 208 Å². The van der Waals surface area contributed by atoms with E-state index in [4.69, 9.17) is 21.3 Å². The number of ether oxygens (including phenoxy) is 1. The van der Waals surface area contributed by atoms with Crippen LogP contribution in [0.2, 0.25) is 5.15 Å². The summed E-state index contributed by atoms with van der Waals surface area (Å²) in [6.45, 7) is 3.03. The lowest BCUT2D eigenvalue weighted by Crippen LogP contribution is -2.35. The minimum absolute atomic E-state index is 0.142. The topological polar surface area (TPSA) is 30.3 Å². The van der Waals surface area contributed by atoms with Gasteiger partial charge in [-0.3, -0.25) is 0 Å². The first-order chi connectivity index (χ1) is 16.7. The SMILES string of the molecule is CN1CCC(OC2c3ccccc3CCn3c2nc(CCCCCc2ccccc2)c3Cl)CC1. The highest BCUT2D eigenvalue weighted by atomic mass is 35.5. The number of piperidine rings is 1. The molecule has 5 heteroatoms. The summed E-state index contributed by atoms with van der Waals surface area (Å²) < 4.78 is 9.03. The molecule has 2 aromatic carbocycles. The van der Waals surface area contributed by atoms with Crippen LogP contribution in [0, 0.1) is 0 Å². The average molecular weight is 478 g/mol. The van der Waals surface area contributed by atoms with E-state index < -0.39 is 0 Å². The molecule has 3 aromatic rings. The van der Waals surface area contributed by atoms with E-state index in [2.05, 4.69) is 71.1 Å². The van der Waals surface area contributed by atoms with Crippen molar-refractivity contribution in [2.75, 3.05) is 20.1 Å². The van der Waals surface area contributed by atoms with Gasteiger partial charge >= 0.3 is 0 Å². The fraction of sp³-hybridized carbons (Fsp3) is 0.483. The predicted octanol–water partition coefficient (Wildman–Crippen LogP) is 6.25. The lowest BCUT2D eigenvalue weighted by molar-refractivity contribution is -0.0276. The van der Waals surface area contributed by atoms with E-state index in [1.54, 1.807) is 0 Å². The van der Waals surface area contributed by atoms with Crippen molar-refractivity contribution in [1.82, 2.24) is 14.5 Å². The van der Waals surface area contributed by atoms with E-state index in [-0.39, 0.29) is 12.2 Å². The summed E-state index contributed by atoms with van der Waals surface area (Å²) in [5, 5.41) is 0.808. The Balaban J connectivity index is 1.30. The molecule has 34 heavy (non-hydrogen) atoms. The molecule has 1 unspecified atom stereocenters. The molecule has 1 atom stereocenters. The molecular formula is C29H36ClN3O. The van der Waals surface area contributed by atoms with Crippen LogP contribution in [0.5, 0.6) is 0 Å². The van der Waals surface area contributed by atoms with E-state index in [0.717, 1.165) is 74.8 Å². The van der Waals surface area contributed by atoms with Crippen molar-refractivity contribution in [2.45, 2.75) is 70.1 Å². The molecule has 5 rings (SSSR count). The molecule has 180 valence electrons. The third kappa shape index (κ3) is 5.40. The lowest BCUT2D eigenvalue weighted by atomic mass is 10.00. The van der Waals surface area contributed by atoms with Crippen LogP contribution < -0.4 is 0 Å². The maximum atomic E-state index is 6.93. The van der Waals surface area contributed by atoms with Gasteiger partial charge in [0.05, 0.1) is 11.8 Å². The first-order valence-electron chi connectivity index (χ1n) is 12.9. The van der Waals surface area contributed by atoms with Crippen molar-refractivity contribution in [3.63, 3.8) is 0 Å². The van der Waals surface area contributed by atoms with Gasteiger partial charge in [-0.1, -0.05) is 72.6 Å². The molecule has 1 saturated heterocycles. The Morgan fingerprint density at radius 1 is 0.912 bits per heavy atom. The van der Waals surface area contributed by atoms with Crippen molar-refractivity contribution < 1.29 is 4.74 Å². The Morgan fingerprint density at radius 3 is 2.47 bits per heavy atom. The molecule has 3 heterocycles. The van der Waals surface area contributed by atoms with Gasteiger partial charge in [-0.25, -0.2) is 4.98 Å². The van der Waals surface area contributed by atoms with Gasteiger partial charge in [0.2, 0.25) is 0 Å². The maximum absolute atomic E-state index is 6.93. The number of rotatable bonds is 8. The Kier molecular flexibility index (Phi) is 7.68. The van der Waals surface area contributed by atoms with Crippen LogP contribution >= 0.6 is 11.6 Å². The third-order valence-corrected chi connectivity index (χ3v) is 7.82. The fourth-order valence-electron chi connectivity index (χ4n) is 5.35. The number of hydrogen-bond donors (Lipinski definition) is 0. The summed E-state index contributed by atoms with van der Waals surface area (Å²) >= 11 is 6.93. The normalized spacial score (nSPS) is 18.9. The zero-order valence-corrected chi connectivity index (χ0v) is 21.0. The lowest BCUT2D eigenvalue weighted by Gasteiger charge is -2.32. The van der Waals surface area contributed by atoms with Crippen LogP contribution in [-0.2, 0) is 30.5 Å². The summed E-state index contributed by atoms with van der Waals surface area (Å²) in [7, 11) is 2.19. The number of benzene rings is 2. The predicted molar refractivity (Wildman–Crippen MR) is 139 cm³/mol. The zero-order chi connectivity index (χ0) is 23.3. The summed E-state index contributed by atoms with van der Waals surface area (Å²) in [5.74, 6) is 0.994. The van der Waals surface area contributed by atoms with Crippen LogP contribution in [0.3, 0.4) is 0 Å². The number of hydrogen-bond acceptors (Lipinski definition) is 3. The highest BCUT2D eigenvalue weighted by Gasteiger charge is 2.32. The summed E-state index contributed by atoms with van der Waals surface area (Å²) in [6, 6.07) is 19.4. The number of aryl methyl sites for hydroxylation is 3. The van der Waals surface area contributed by atoms with E-state index in [1.165, 1.54) is 29.5 Å². The number of nitrogens with zero attached hydrogens (tertiary/aromatic N) is 3. The maximum Gasteiger partial charge on any atom is 0.144 e. The van der Waals surface area contributed by atoms with Gasteiger partial charge in [0.25, 0.3) is 0 Å². The Hall–Kier alpha value is -2.14. The van der Waals surface area contributed by atoms with Gasteiger partial charge < -0.3 is 14.2 Å². The van der Waals surface area contributed by atoms with Gasteiger partial charge in [-0.05, 0) is 68.7 Å². The number of likely N-dealkylation sites (tertiary alicyclic amines) is 1. The molecule has 0 radical (unpaired) electrons.